The molecule has 1 rings (SSSR count). The maximum Gasteiger partial charge on any atom is 0.279 e. The summed E-state index contributed by atoms with van der Waals surface area (Å²) in [5.41, 5.74) is 0. The third-order valence-corrected chi connectivity index (χ3v) is 2.23. The summed E-state index contributed by atoms with van der Waals surface area (Å²) in [6.07, 6.45) is 4.95. The van der Waals surface area contributed by atoms with E-state index in [2.05, 4.69) is 16.6 Å². The highest BCUT2D eigenvalue weighted by Gasteiger charge is 2.27. The second-order valence-electron chi connectivity index (χ2n) is 2.22. The maximum atomic E-state index is 11.1. The van der Waals surface area contributed by atoms with Crippen LogP contribution in [-0.4, -0.2) is 29.5 Å². The summed E-state index contributed by atoms with van der Waals surface area (Å²) in [7, 11) is 0. The van der Waals surface area contributed by atoms with E-state index in [4.69, 9.17) is 6.42 Å². The van der Waals surface area contributed by atoms with Gasteiger partial charge in [0.1, 0.15) is 6.04 Å². The van der Waals surface area contributed by atoms with Gasteiger partial charge in [-0.05, 0) is 0 Å². The van der Waals surface area contributed by atoms with Crippen LogP contribution in [0, 0.1) is 12.3 Å². The quantitative estimate of drug-likeness (QED) is 0.572. The van der Waals surface area contributed by atoms with E-state index >= 15 is 0 Å². The van der Waals surface area contributed by atoms with Gasteiger partial charge in [0.25, 0.3) is 5.24 Å². The molecule has 0 saturated carbocycles. The molecule has 2 amide bonds. The van der Waals surface area contributed by atoms with E-state index in [0.29, 0.717) is 5.75 Å². The van der Waals surface area contributed by atoms with Crippen LogP contribution in [0.2, 0.25) is 0 Å². The zero-order valence-corrected chi connectivity index (χ0v) is 7.11. The van der Waals surface area contributed by atoms with E-state index in [-0.39, 0.29) is 17.7 Å². The lowest BCUT2D eigenvalue weighted by Gasteiger charge is -2.06. The average Bonchev–Trinajstić information content (AvgIpc) is 2.47. The Kier molecular flexibility index (Phi) is 3.00. The minimum Gasteiger partial charge on any atom is -0.343 e. The van der Waals surface area contributed by atoms with E-state index in [0.717, 1.165) is 11.8 Å². The Bertz CT molecular complexity index is 246. The Balaban J connectivity index is 2.34. The molecule has 0 aromatic rings. The van der Waals surface area contributed by atoms with Crippen LogP contribution in [0.1, 0.15) is 0 Å². The fourth-order valence-electron chi connectivity index (χ4n) is 0.787. The van der Waals surface area contributed by atoms with E-state index in [9.17, 15) is 9.59 Å². The maximum absolute atomic E-state index is 11.1. The van der Waals surface area contributed by atoms with Crippen LogP contribution in [-0.2, 0) is 4.79 Å². The Morgan fingerprint density at radius 1 is 1.92 bits per heavy atom. The van der Waals surface area contributed by atoms with Crippen LogP contribution in [0.4, 0.5) is 4.79 Å². The van der Waals surface area contributed by atoms with E-state index in [1.54, 1.807) is 0 Å². The van der Waals surface area contributed by atoms with Crippen LogP contribution < -0.4 is 10.6 Å². The van der Waals surface area contributed by atoms with Crippen molar-refractivity contribution < 1.29 is 9.59 Å². The molecular formula is C7H8N2O2S. The van der Waals surface area contributed by atoms with Gasteiger partial charge in [0.05, 0.1) is 6.54 Å². The van der Waals surface area contributed by atoms with Crippen molar-refractivity contribution in [3.05, 3.63) is 0 Å². The molecule has 0 spiro atoms. The molecule has 5 heteroatoms. The smallest absolute Gasteiger partial charge is 0.279 e. The first-order valence-electron chi connectivity index (χ1n) is 3.38. The molecule has 0 bridgehead atoms. The molecule has 0 aromatic heterocycles. The molecule has 1 heterocycles. The number of hydrogen-bond acceptors (Lipinski definition) is 3. The third-order valence-electron chi connectivity index (χ3n) is 1.35. The zero-order valence-electron chi connectivity index (χ0n) is 6.29. The van der Waals surface area contributed by atoms with Crippen molar-refractivity contribution in [1.29, 1.82) is 0 Å². The van der Waals surface area contributed by atoms with Gasteiger partial charge in [0, 0.05) is 5.75 Å². The van der Waals surface area contributed by atoms with Crippen LogP contribution >= 0.6 is 11.8 Å². The number of carbonyl (C=O) groups excluding carboxylic acids is 2. The molecule has 1 aliphatic rings. The lowest BCUT2D eigenvalue weighted by Crippen LogP contribution is -2.42. The molecule has 0 radical (unpaired) electrons. The summed E-state index contributed by atoms with van der Waals surface area (Å²) in [5, 5.41) is 4.84. The molecular weight excluding hydrogens is 176 g/mol. The van der Waals surface area contributed by atoms with Crippen molar-refractivity contribution in [1.82, 2.24) is 10.6 Å². The fraction of sp³-hybridized carbons (Fsp3) is 0.429. The first-order valence-corrected chi connectivity index (χ1v) is 4.37. The average molecular weight is 184 g/mol. The van der Waals surface area contributed by atoms with Crippen molar-refractivity contribution >= 4 is 22.9 Å². The lowest BCUT2D eigenvalue weighted by atomic mass is 10.3. The summed E-state index contributed by atoms with van der Waals surface area (Å²) in [6.45, 7) is 0.204. The summed E-state index contributed by atoms with van der Waals surface area (Å²) in [4.78, 5) is 21.8. The van der Waals surface area contributed by atoms with Gasteiger partial charge in [-0.1, -0.05) is 17.7 Å². The van der Waals surface area contributed by atoms with Gasteiger partial charge in [-0.25, -0.2) is 0 Å². The molecule has 0 aliphatic carbocycles. The molecule has 0 aromatic carbocycles. The zero-order chi connectivity index (χ0) is 8.97. The standard InChI is InChI=1S/C7H8N2O2S/c1-2-3-8-6(10)5-4-12-7(11)9-5/h1,5H,3-4H2,(H,8,10)(H,9,11)/t5-/m0/s1. The fourth-order valence-corrected chi connectivity index (χ4v) is 1.57. The lowest BCUT2D eigenvalue weighted by molar-refractivity contribution is -0.122. The van der Waals surface area contributed by atoms with Gasteiger partial charge in [0.2, 0.25) is 5.91 Å². The number of terminal acetylenes is 1. The Morgan fingerprint density at radius 3 is 3.17 bits per heavy atom. The normalized spacial score (nSPS) is 21.2. The predicted molar refractivity (Wildman–Crippen MR) is 46.6 cm³/mol. The van der Waals surface area contributed by atoms with Crippen molar-refractivity contribution in [2.24, 2.45) is 0 Å². The number of carbonyl (C=O) groups is 2. The topological polar surface area (TPSA) is 58.2 Å². The molecule has 64 valence electrons. The van der Waals surface area contributed by atoms with Crippen LogP contribution in [0.5, 0.6) is 0 Å². The highest BCUT2D eigenvalue weighted by atomic mass is 32.2. The second kappa shape index (κ2) is 4.02. The number of nitrogens with one attached hydrogen (secondary N) is 2. The van der Waals surface area contributed by atoms with Gasteiger partial charge in [-0.15, -0.1) is 6.42 Å². The number of hydrogen-bond donors (Lipinski definition) is 2. The molecule has 12 heavy (non-hydrogen) atoms. The van der Waals surface area contributed by atoms with Gasteiger partial charge >= 0.3 is 0 Å². The first-order chi connectivity index (χ1) is 5.74. The third kappa shape index (κ3) is 2.17. The Hall–Kier alpha value is -1.15. The molecule has 2 N–H and O–H groups in total. The first kappa shape index (κ1) is 8.94. The predicted octanol–water partition coefficient (Wildman–Crippen LogP) is -0.439. The van der Waals surface area contributed by atoms with Crippen molar-refractivity contribution in [3.8, 4) is 12.3 Å². The number of rotatable bonds is 2. The number of thioether (sulfide) groups is 1. The highest BCUT2D eigenvalue weighted by molar-refractivity contribution is 8.14. The molecule has 1 saturated heterocycles. The SMILES string of the molecule is C#CCNC(=O)[C@@H]1CSC(=O)N1. The molecule has 1 fully saturated rings. The minimum absolute atomic E-state index is 0.157. The summed E-state index contributed by atoms with van der Waals surface area (Å²) in [6, 6.07) is -0.421. The van der Waals surface area contributed by atoms with Gasteiger partial charge in [0.15, 0.2) is 0 Å². The Morgan fingerprint density at radius 2 is 2.67 bits per heavy atom. The summed E-state index contributed by atoms with van der Waals surface area (Å²) < 4.78 is 0. The van der Waals surface area contributed by atoms with Crippen molar-refractivity contribution in [3.63, 3.8) is 0 Å². The summed E-state index contributed by atoms with van der Waals surface area (Å²) >= 11 is 1.10. The summed E-state index contributed by atoms with van der Waals surface area (Å²) in [5.74, 6) is 2.55. The molecule has 1 atom stereocenters. The monoisotopic (exact) mass is 184 g/mol. The van der Waals surface area contributed by atoms with Crippen molar-refractivity contribution in [2.75, 3.05) is 12.3 Å². The van der Waals surface area contributed by atoms with Crippen LogP contribution in [0.15, 0.2) is 0 Å². The second-order valence-corrected chi connectivity index (χ2v) is 3.21. The van der Waals surface area contributed by atoms with E-state index < -0.39 is 6.04 Å². The largest absolute Gasteiger partial charge is 0.343 e. The molecule has 1 aliphatic heterocycles. The van der Waals surface area contributed by atoms with E-state index in [1.165, 1.54) is 0 Å². The molecule has 0 unspecified atom stereocenters. The minimum atomic E-state index is -0.421. The highest BCUT2D eigenvalue weighted by Crippen LogP contribution is 2.12. The Labute approximate surface area is 74.5 Å². The van der Waals surface area contributed by atoms with Gasteiger partial charge < -0.3 is 10.6 Å². The number of amides is 2. The van der Waals surface area contributed by atoms with E-state index in [1.807, 2.05) is 0 Å². The van der Waals surface area contributed by atoms with Gasteiger partial charge in [-0.2, -0.15) is 0 Å². The van der Waals surface area contributed by atoms with Crippen LogP contribution in [0.3, 0.4) is 0 Å². The van der Waals surface area contributed by atoms with Crippen LogP contribution in [0.25, 0.3) is 0 Å². The van der Waals surface area contributed by atoms with Crippen molar-refractivity contribution in [2.45, 2.75) is 6.04 Å². The molecule has 4 nitrogen and oxygen atoms in total. The van der Waals surface area contributed by atoms with Gasteiger partial charge in [-0.3, -0.25) is 9.59 Å².